The van der Waals surface area contributed by atoms with E-state index < -0.39 is 0 Å². The van der Waals surface area contributed by atoms with Crippen LogP contribution >= 0.6 is 0 Å². The minimum absolute atomic E-state index is 0. The van der Waals surface area contributed by atoms with Crippen molar-refractivity contribution in [2.45, 2.75) is 0 Å². The molecule has 0 aliphatic rings. The molecule has 5 nitrogen and oxygen atoms in total. The molecule has 4 aromatic heterocycles. The van der Waals surface area contributed by atoms with Gasteiger partial charge in [0.1, 0.15) is 5.58 Å². The molecule has 0 N–H and O–H groups in total. The monoisotopic (exact) mass is 947 g/mol. The zero-order valence-electron chi connectivity index (χ0n) is 32.0. The Morgan fingerprint density at radius 2 is 1.18 bits per heavy atom. The summed E-state index contributed by atoms with van der Waals surface area (Å²) in [6, 6.07) is 72.9. The van der Waals surface area contributed by atoms with E-state index in [1.54, 1.807) is 0 Å². The van der Waals surface area contributed by atoms with Crippen molar-refractivity contribution in [1.29, 1.82) is 0 Å². The van der Waals surface area contributed by atoms with Crippen molar-refractivity contribution >= 4 is 54.8 Å². The van der Waals surface area contributed by atoms with Crippen LogP contribution in [-0.2, 0) is 21.1 Å². The van der Waals surface area contributed by atoms with Crippen molar-refractivity contribution in [3.63, 3.8) is 0 Å². The summed E-state index contributed by atoms with van der Waals surface area (Å²) in [5, 5.41) is 4.23. The Morgan fingerprint density at radius 3 is 1.97 bits per heavy atom. The Morgan fingerprint density at radius 1 is 0.500 bits per heavy atom. The maximum atomic E-state index is 7.07. The number of rotatable bonds is 6. The predicted octanol–water partition coefficient (Wildman–Crippen LogP) is 13.7. The first-order chi connectivity index (χ1) is 29.3. The van der Waals surface area contributed by atoms with Crippen LogP contribution in [-0.4, -0.2) is 19.1 Å². The van der Waals surface area contributed by atoms with Crippen molar-refractivity contribution in [3.05, 3.63) is 206 Å². The summed E-state index contributed by atoms with van der Waals surface area (Å²) in [4.78, 5) is 10.2. The van der Waals surface area contributed by atoms with E-state index in [1.165, 1.54) is 0 Å². The van der Waals surface area contributed by atoms with Gasteiger partial charge in [-0.1, -0.05) is 138 Å². The van der Waals surface area contributed by atoms with Crippen LogP contribution in [0.4, 0.5) is 0 Å². The summed E-state index contributed by atoms with van der Waals surface area (Å²) in [6.45, 7) is 0. The van der Waals surface area contributed by atoms with Gasteiger partial charge in [-0.15, -0.1) is 35.9 Å². The van der Waals surface area contributed by atoms with E-state index in [0.29, 0.717) is 0 Å². The van der Waals surface area contributed by atoms with E-state index in [0.717, 1.165) is 111 Å². The number of aromatic nitrogens is 4. The van der Waals surface area contributed by atoms with Gasteiger partial charge in [0.05, 0.1) is 22.4 Å². The quantitative estimate of drug-likeness (QED) is 0.156. The number of nitrogens with zero attached hydrogens (tertiary/aromatic N) is 4. The Hall–Kier alpha value is -7.33. The first kappa shape index (κ1) is 35.8. The SMILES string of the molecule is [Pt+2].[c-]1c(-c2cc(-c3ccccc3)ccn2)cccc1-n1c2[c-]c(-c3nc4ccccc4n3-c3ccccc3)c3oc4cc(-c5ccccc5)ccc4c3c2c2ccccc21. The molecule has 0 spiro atoms. The van der Waals surface area contributed by atoms with E-state index in [1.807, 2.05) is 30.5 Å². The summed E-state index contributed by atoms with van der Waals surface area (Å²) in [5.41, 5.74) is 14.3. The van der Waals surface area contributed by atoms with Gasteiger partial charge in [0.25, 0.3) is 0 Å². The van der Waals surface area contributed by atoms with Gasteiger partial charge in [-0.3, -0.25) is 4.98 Å². The van der Waals surface area contributed by atoms with Gasteiger partial charge in [0.15, 0.2) is 0 Å². The number of benzene rings is 8. The Bertz CT molecular complexity index is 3550. The Balaban J connectivity index is 0.00000408. The van der Waals surface area contributed by atoms with Crippen LogP contribution in [0.15, 0.2) is 199 Å². The minimum Gasteiger partial charge on any atom is -0.500 e. The van der Waals surface area contributed by atoms with Crippen LogP contribution in [0.25, 0.3) is 111 Å². The van der Waals surface area contributed by atoms with E-state index in [9.17, 15) is 0 Å². The van der Waals surface area contributed by atoms with E-state index >= 15 is 0 Å². The molecule has 0 saturated carbocycles. The van der Waals surface area contributed by atoms with Crippen molar-refractivity contribution < 1.29 is 25.5 Å². The Labute approximate surface area is 360 Å². The molecule has 8 aromatic carbocycles. The van der Waals surface area contributed by atoms with Gasteiger partial charge in [-0.05, 0) is 92.4 Å². The Kier molecular flexibility index (Phi) is 8.65. The average molecular weight is 948 g/mol. The van der Waals surface area contributed by atoms with Gasteiger partial charge < -0.3 is 18.5 Å². The number of hydrogen-bond donors (Lipinski definition) is 0. The second-order valence-corrected chi connectivity index (χ2v) is 14.8. The summed E-state index contributed by atoms with van der Waals surface area (Å²) in [7, 11) is 0. The first-order valence-corrected chi connectivity index (χ1v) is 19.7. The van der Waals surface area contributed by atoms with Crippen molar-refractivity contribution in [3.8, 4) is 56.3 Å². The van der Waals surface area contributed by atoms with Crippen LogP contribution < -0.4 is 0 Å². The normalized spacial score (nSPS) is 11.5. The molecule has 12 aromatic rings. The minimum atomic E-state index is 0. The molecule has 60 heavy (non-hydrogen) atoms. The molecule has 0 aliphatic heterocycles. The maximum absolute atomic E-state index is 7.07. The van der Waals surface area contributed by atoms with Crippen LogP contribution in [0.3, 0.4) is 0 Å². The molecule has 0 aliphatic carbocycles. The molecule has 0 fully saturated rings. The zero-order valence-corrected chi connectivity index (χ0v) is 34.3. The van der Waals surface area contributed by atoms with E-state index in [4.69, 9.17) is 14.4 Å². The van der Waals surface area contributed by atoms with Gasteiger partial charge in [-0.2, -0.15) is 0 Å². The maximum Gasteiger partial charge on any atom is 2.00 e. The largest absolute Gasteiger partial charge is 2.00 e. The first-order valence-electron chi connectivity index (χ1n) is 19.7. The van der Waals surface area contributed by atoms with Crippen LogP contribution in [0.1, 0.15) is 0 Å². The number of hydrogen-bond acceptors (Lipinski definition) is 3. The fourth-order valence-corrected chi connectivity index (χ4v) is 8.68. The van der Waals surface area contributed by atoms with E-state index in [2.05, 4.69) is 185 Å². The molecular formula is C54H32N4OPt. The number of pyridine rings is 1. The predicted molar refractivity (Wildman–Crippen MR) is 240 cm³/mol. The summed E-state index contributed by atoms with van der Waals surface area (Å²) < 4.78 is 11.6. The third kappa shape index (κ3) is 5.73. The summed E-state index contributed by atoms with van der Waals surface area (Å²) >= 11 is 0. The van der Waals surface area contributed by atoms with Crippen LogP contribution in [0.2, 0.25) is 0 Å². The third-order valence-electron chi connectivity index (χ3n) is 11.4. The molecule has 12 rings (SSSR count). The van der Waals surface area contributed by atoms with Gasteiger partial charge in [0, 0.05) is 22.8 Å². The smallest absolute Gasteiger partial charge is 0.500 e. The average Bonchev–Trinajstić information content (AvgIpc) is 3.99. The van der Waals surface area contributed by atoms with Crippen molar-refractivity contribution in [2.75, 3.05) is 0 Å². The van der Waals surface area contributed by atoms with Crippen molar-refractivity contribution in [1.82, 2.24) is 19.1 Å². The standard InChI is InChI=1S/C54H32N4O.Pt/c1-4-15-35(16-5-1)37-27-28-43-50(33-37)59-53-44(54-56-45-24-11-13-26-48(45)58(54)40-20-8-3-9-21-40)34-49-51(52(43)53)42-23-10-12-25-47(42)57(49)41-22-14-19-39(31-41)46-32-38(29-30-55-46)36-17-6-2-7-18-36;/h1-30,32-33H;/q-2;+2. The van der Waals surface area contributed by atoms with Crippen LogP contribution in [0.5, 0.6) is 0 Å². The summed E-state index contributed by atoms with van der Waals surface area (Å²) in [6.07, 6.45) is 1.88. The number of fused-ring (bicyclic) bond motifs is 8. The molecule has 0 amide bonds. The molecule has 0 bridgehead atoms. The molecular weight excluding hydrogens is 916 g/mol. The van der Waals surface area contributed by atoms with E-state index in [-0.39, 0.29) is 21.1 Å². The fourth-order valence-electron chi connectivity index (χ4n) is 8.68. The fraction of sp³-hybridized carbons (Fsp3) is 0. The van der Waals surface area contributed by atoms with Gasteiger partial charge in [-0.25, -0.2) is 0 Å². The molecule has 0 saturated heterocycles. The summed E-state index contributed by atoms with van der Waals surface area (Å²) in [5.74, 6) is 0.753. The molecule has 0 atom stereocenters. The van der Waals surface area contributed by atoms with Crippen molar-refractivity contribution in [2.24, 2.45) is 0 Å². The molecule has 4 heterocycles. The molecule has 6 heteroatoms. The van der Waals surface area contributed by atoms with Gasteiger partial charge >= 0.3 is 21.1 Å². The van der Waals surface area contributed by atoms with Gasteiger partial charge in [0.2, 0.25) is 0 Å². The molecule has 284 valence electrons. The number of imidazole rings is 1. The molecule has 0 unspecified atom stereocenters. The number of furan rings is 1. The second kappa shape index (κ2) is 14.5. The zero-order chi connectivity index (χ0) is 38.9. The number of para-hydroxylation sites is 4. The topological polar surface area (TPSA) is 48.8 Å². The van der Waals surface area contributed by atoms with Crippen LogP contribution in [0, 0.1) is 12.1 Å². The second-order valence-electron chi connectivity index (χ2n) is 14.8. The molecule has 0 radical (unpaired) electrons. The third-order valence-corrected chi connectivity index (χ3v) is 11.4.